The summed E-state index contributed by atoms with van der Waals surface area (Å²) in [5, 5.41) is 9.07. The molecule has 2 heterocycles. The van der Waals surface area contributed by atoms with Gasteiger partial charge in [-0.2, -0.15) is 5.26 Å². The number of fused-ring (bicyclic) bond motifs is 1. The number of para-hydroxylation sites is 1. The van der Waals surface area contributed by atoms with Crippen molar-refractivity contribution < 1.29 is 14.3 Å². The summed E-state index contributed by atoms with van der Waals surface area (Å²) in [6.07, 6.45) is 3.84. The Bertz CT molecular complexity index is 1140. The maximum atomic E-state index is 12.3. The number of aromatic nitrogens is 2. The van der Waals surface area contributed by atoms with E-state index in [0.29, 0.717) is 23.5 Å². The Balaban J connectivity index is 1.40. The van der Waals surface area contributed by atoms with E-state index >= 15 is 0 Å². The molecular formula is C22H15N3O3. The van der Waals surface area contributed by atoms with Crippen LogP contribution in [0.15, 0.2) is 79.1 Å². The van der Waals surface area contributed by atoms with Gasteiger partial charge < -0.3 is 13.9 Å². The molecule has 2 aromatic carbocycles. The summed E-state index contributed by atoms with van der Waals surface area (Å²) >= 11 is 0. The number of imidazole rings is 1. The highest BCUT2D eigenvalue weighted by atomic mass is 16.5. The Morgan fingerprint density at radius 1 is 1.04 bits per heavy atom. The van der Waals surface area contributed by atoms with Gasteiger partial charge in [-0.25, -0.2) is 9.78 Å². The van der Waals surface area contributed by atoms with Crippen LogP contribution in [0, 0.1) is 11.3 Å². The normalized spacial score (nSPS) is 10.4. The zero-order valence-electron chi connectivity index (χ0n) is 14.8. The van der Waals surface area contributed by atoms with Crippen LogP contribution in [0.25, 0.3) is 5.65 Å². The second-order valence-corrected chi connectivity index (χ2v) is 6.01. The van der Waals surface area contributed by atoms with Crippen LogP contribution < -0.4 is 9.47 Å². The van der Waals surface area contributed by atoms with Crippen molar-refractivity contribution in [3.05, 3.63) is 95.9 Å². The molecule has 0 unspecified atom stereocenters. The molecule has 136 valence electrons. The first-order chi connectivity index (χ1) is 13.7. The third-order valence-corrected chi connectivity index (χ3v) is 4.10. The second kappa shape index (κ2) is 7.64. The van der Waals surface area contributed by atoms with Crippen LogP contribution >= 0.6 is 0 Å². The maximum Gasteiger partial charge on any atom is 0.343 e. The summed E-state index contributed by atoms with van der Waals surface area (Å²) in [5.74, 6) is 0.322. The average Bonchev–Trinajstić information content (AvgIpc) is 3.16. The molecule has 0 N–H and O–H groups in total. The van der Waals surface area contributed by atoms with Crippen LogP contribution in [0.4, 0.5) is 0 Å². The van der Waals surface area contributed by atoms with Crippen molar-refractivity contribution >= 4 is 11.6 Å². The van der Waals surface area contributed by atoms with Crippen LogP contribution in [0.2, 0.25) is 0 Å². The number of rotatable bonds is 5. The largest absolute Gasteiger partial charge is 0.487 e. The van der Waals surface area contributed by atoms with E-state index in [0.717, 1.165) is 11.3 Å². The van der Waals surface area contributed by atoms with Gasteiger partial charge in [0, 0.05) is 12.4 Å². The van der Waals surface area contributed by atoms with E-state index in [1.807, 2.05) is 41.1 Å². The summed E-state index contributed by atoms with van der Waals surface area (Å²) in [6, 6.07) is 21.0. The molecular weight excluding hydrogens is 354 g/mol. The number of carbonyl (C=O) groups excluding carboxylic acids is 1. The minimum atomic E-state index is -0.533. The van der Waals surface area contributed by atoms with E-state index in [1.165, 1.54) is 0 Å². The lowest BCUT2D eigenvalue weighted by molar-refractivity contribution is 0.0734. The molecule has 0 saturated heterocycles. The lowest BCUT2D eigenvalue weighted by Crippen LogP contribution is -2.09. The van der Waals surface area contributed by atoms with E-state index < -0.39 is 5.97 Å². The predicted molar refractivity (Wildman–Crippen MR) is 102 cm³/mol. The Hall–Kier alpha value is -4.11. The zero-order chi connectivity index (χ0) is 19.3. The van der Waals surface area contributed by atoms with Crippen LogP contribution in [0.5, 0.6) is 11.5 Å². The summed E-state index contributed by atoms with van der Waals surface area (Å²) in [4.78, 5) is 16.8. The molecule has 0 aliphatic heterocycles. The van der Waals surface area contributed by atoms with Gasteiger partial charge in [0.15, 0.2) is 0 Å². The minimum absolute atomic E-state index is 0.238. The maximum absolute atomic E-state index is 12.3. The van der Waals surface area contributed by atoms with E-state index in [4.69, 9.17) is 14.7 Å². The summed E-state index contributed by atoms with van der Waals surface area (Å²) in [7, 11) is 0. The zero-order valence-corrected chi connectivity index (χ0v) is 14.8. The molecule has 0 bridgehead atoms. The number of ether oxygens (including phenoxy) is 2. The number of pyridine rings is 1. The van der Waals surface area contributed by atoms with Gasteiger partial charge in [-0.3, -0.25) is 0 Å². The number of nitriles is 1. The molecule has 2 aromatic heterocycles. The van der Waals surface area contributed by atoms with Gasteiger partial charge in [-0.15, -0.1) is 0 Å². The molecule has 0 radical (unpaired) electrons. The topological polar surface area (TPSA) is 76.6 Å². The van der Waals surface area contributed by atoms with E-state index in [9.17, 15) is 4.79 Å². The quantitative estimate of drug-likeness (QED) is 0.392. The smallest absolute Gasteiger partial charge is 0.343 e. The van der Waals surface area contributed by atoms with Gasteiger partial charge >= 0.3 is 5.97 Å². The number of benzene rings is 2. The highest BCUT2D eigenvalue weighted by Crippen LogP contribution is 2.20. The average molecular weight is 369 g/mol. The van der Waals surface area contributed by atoms with Gasteiger partial charge in [0.25, 0.3) is 0 Å². The van der Waals surface area contributed by atoms with Gasteiger partial charge in [-0.1, -0.05) is 18.2 Å². The molecule has 4 aromatic rings. The predicted octanol–water partition coefficient (Wildman–Crippen LogP) is 4.00. The molecule has 0 aliphatic rings. The van der Waals surface area contributed by atoms with Gasteiger partial charge in [0.1, 0.15) is 29.8 Å². The minimum Gasteiger partial charge on any atom is -0.487 e. The van der Waals surface area contributed by atoms with Crippen molar-refractivity contribution in [2.45, 2.75) is 6.61 Å². The second-order valence-electron chi connectivity index (χ2n) is 6.01. The van der Waals surface area contributed by atoms with Crippen LogP contribution in [0.1, 0.15) is 21.6 Å². The lowest BCUT2D eigenvalue weighted by atomic mass is 10.2. The molecule has 6 nitrogen and oxygen atoms in total. The van der Waals surface area contributed by atoms with Crippen molar-refractivity contribution in [3.63, 3.8) is 0 Å². The Labute approximate surface area is 161 Å². The first-order valence-corrected chi connectivity index (χ1v) is 8.60. The Morgan fingerprint density at radius 3 is 2.61 bits per heavy atom. The molecule has 0 spiro atoms. The third-order valence-electron chi connectivity index (χ3n) is 4.10. The number of hydrogen-bond acceptors (Lipinski definition) is 5. The van der Waals surface area contributed by atoms with Crippen LogP contribution in [-0.2, 0) is 6.61 Å². The first kappa shape index (κ1) is 17.3. The van der Waals surface area contributed by atoms with E-state index in [-0.39, 0.29) is 5.75 Å². The van der Waals surface area contributed by atoms with Crippen LogP contribution in [0.3, 0.4) is 0 Å². The molecule has 0 atom stereocenters. The number of esters is 1. The highest BCUT2D eigenvalue weighted by molar-refractivity contribution is 5.91. The van der Waals surface area contributed by atoms with Gasteiger partial charge in [0.2, 0.25) is 0 Å². The van der Waals surface area contributed by atoms with Crippen molar-refractivity contribution in [1.82, 2.24) is 9.38 Å². The fourth-order valence-electron chi connectivity index (χ4n) is 2.71. The van der Waals surface area contributed by atoms with Crippen molar-refractivity contribution in [3.8, 4) is 17.6 Å². The Kier molecular flexibility index (Phi) is 4.72. The molecule has 0 aliphatic carbocycles. The Morgan fingerprint density at radius 2 is 1.82 bits per heavy atom. The molecule has 0 saturated carbocycles. The molecule has 0 fully saturated rings. The van der Waals surface area contributed by atoms with E-state index in [1.54, 1.807) is 48.5 Å². The summed E-state index contributed by atoms with van der Waals surface area (Å²) in [6.45, 7) is 0.320. The number of hydrogen-bond donors (Lipinski definition) is 0. The van der Waals surface area contributed by atoms with Crippen LogP contribution in [-0.4, -0.2) is 15.4 Å². The van der Waals surface area contributed by atoms with Gasteiger partial charge in [0.05, 0.1) is 16.8 Å². The molecule has 6 heteroatoms. The third kappa shape index (κ3) is 3.69. The standard InChI is InChI=1S/C22H15N3O3/c23-13-17-5-1-2-6-20(17)28-22(26)16-8-10-19(11-9-16)27-15-18-14-25-12-4-3-7-21(25)24-18/h1-12,14H,15H2. The summed E-state index contributed by atoms with van der Waals surface area (Å²) in [5.41, 5.74) is 2.34. The molecule has 0 amide bonds. The highest BCUT2D eigenvalue weighted by Gasteiger charge is 2.11. The van der Waals surface area contributed by atoms with Crippen molar-refractivity contribution in [2.24, 2.45) is 0 Å². The summed E-state index contributed by atoms with van der Waals surface area (Å²) < 4.78 is 13.0. The SMILES string of the molecule is N#Cc1ccccc1OC(=O)c1ccc(OCc2cn3ccccc3n2)cc1. The number of carbonyl (C=O) groups is 1. The molecule has 4 rings (SSSR count). The van der Waals surface area contributed by atoms with Gasteiger partial charge in [-0.05, 0) is 48.5 Å². The lowest BCUT2D eigenvalue weighted by Gasteiger charge is -2.07. The molecule has 28 heavy (non-hydrogen) atoms. The monoisotopic (exact) mass is 369 g/mol. The first-order valence-electron chi connectivity index (χ1n) is 8.60. The van der Waals surface area contributed by atoms with Crippen molar-refractivity contribution in [2.75, 3.05) is 0 Å². The fraction of sp³-hybridized carbons (Fsp3) is 0.0455. The number of nitrogens with zero attached hydrogens (tertiary/aromatic N) is 3. The van der Waals surface area contributed by atoms with Crippen molar-refractivity contribution in [1.29, 1.82) is 5.26 Å². The fourth-order valence-corrected chi connectivity index (χ4v) is 2.71. The van der Waals surface area contributed by atoms with E-state index in [2.05, 4.69) is 4.98 Å².